The van der Waals surface area contributed by atoms with Gasteiger partial charge in [0.05, 0.1) is 5.56 Å². The summed E-state index contributed by atoms with van der Waals surface area (Å²) in [7, 11) is 0. The average molecular weight is 391 g/mol. The molecule has 0 fully saturated rings. The SMILES string of the molecule is Cc1ccc2cc(C(=O)c3ccc4c(c3)C(C)(C)CCS4)ccc2c1C(=O)O. The molecule has 0 atom stereocenters. The Bertz CT molecular complexity index is 1130. The Kier molecular flexibility index (Phi) is 4.54. The first-order valence-electron chi connectivity index (χ1n) is 9.36. The second kappa shape index (κ2) is 6.78. The van der Waals surface area contributed by atoms with Crippen LogP contribution in [0.15, 0.2) is 53.4 Å². The molecule has 1 aliphatic rings. The molecular weight excluding hydrogens is 368 g/mol. The van der Waals surface area contributed by atoms with E-state index in [-0.39, 0.29) is 11.2 Å². The van der Waals surface area contributed by atoms with Gasteiger partial charge < -0.3 is 5.11 Å². The number of hydrogen-bond donors (Lipinski definition) is 1. The zero-order chi connectivity index (χ0) is 20.1. The van der Waals surface area contributed by atoms with Crippen molar-refractivity contribution in [3.8, 4) is 0 Å². The molecule has 1 heterocycles. The topological polar surface area (TPSA) is 54.4 Å². The van der Waals surface area contributed by atoms with Crippen molar-refractivity contribution in [2.45, 2.75) is 37.5 Å². The van der Waals surface area contributed by atoms with Gasteiger partial charge in [0.2, 0.25) is 0 Å². The highest BCUT2D eigenvalue weighted by atomic mass is 32.2. The summed E-state index contributed by atoms with van der Waals surface area (Å²) in [6.07, 6.45) is 1.09. The highest BCUT2D eigenvalue weighted by Gasteiger charge is 2.28. The smallest absolute Gasteiger partial charge is 0.336 e. The number of thioether (sulfide) groups is 1. The van der Waals surface area contributed by atoms with E-state index in [1.807, 2.05) is 30.0 Å². The van der Waals surface area contributed by atoms with Gasteiger partial charge in [-0.2, -0.15) is 0 Å². The number of carboxylic acids is 1. The van der Waals surface area contributed by atoms with Gasteiger partial charge in [-0.25, -0.2) is 4.79 Å². The van der Waals surface area contributed by atoms with E-state index in [0.717, 1.165) is 17.6 Å². The van der Waals surface area contributed by atoms with E-state index in [9.17, 15) is 14.7 Å². The Morgan fingerprint density at radius 1 is 1.00 bits per heavy atom. The molecule has 1 N–H and O–H groups in total. The molecule has 4 heteroatoms. The molecular formula is C24H22O3S. The predicted molar refractivity (Wildman–Crippen MR) is 114 cm³/mol. The maximum Gasteiger partial charge on any atom is 0.336 e. The molecule has 3 aromatic rings. The minimum atomic E-state index is -0.948. The van der Waals surface area contributed by atoms with Crippen LogP contribution in [0.1, 0.15) is 57.7 Å². The molecule has 3 nitrogen and oxygen atoms in total. The molecule has 0 aromatic heterocycles. The normalized spacial score (nSPS) is 15.2. The fourth-order valence-electron chi connectivity index (χ4n) is 3.91. The summed E-state index contributed by atoms with van der Waals surface area (Å²) < 4.78 is 0. The van der Waals surface area contributed by atoms with E-state index in [0.29, 0.717) is 27.6 Å². The lowest BCUT2D eigenvalue weighted by Crippen LogP contribution is -2.23. The monoisotopic (exact) mass is 390 g/mol. The summed E-state index contributed by atoms with van der Waals surface area (Å²) in [6, 6.07) is 14.9. The van der Waals surface area contributed by atoms with Gasteiger partial charge in [0.15, 0.2) is 5.78 Å². The van der Waals surface area contributed by atoms with Crippen LogP contribution in [0.2, 0.25) is 0 Å². The van der Waals surface area contributed by atoms with Gasteiger partial charge in [-0.15, -0.1) is 11.8 Å². The van der Waals surface area contributed by atoms with E-state index in [2.05, 4.69) is 19.9 Å². The molecule has 4 rings (SSSR count). The number of carbonyl (C=O) groups is 2. The Hall–Kier alpha value is -2.59. The van der Waals surface area contributed by atoms with Gasteiger partial charge >= 0.3 is 5.97 Å². The summed E-state index contributed by atoms with van der Waals surface area (Å²) in [5.41, 5.74) is 3.57. The summed E-state index contributed by atoms with van der Waals surface area (Å²) >= 11 is 1.85. The van der Waals surface area contributed by atoms with Crippen molar-refractivity contribution in [3.63, 3.8) is 0 Å². The van der Waals surface area contributed by atoms with E-state index in [1.54, 1.807) is 31.2 Å². The quantitative estimate of drug-likeness (QED) is 0.570. The number of rotatable bonds is 3. The second-order valence-electron chi connectivity index (χ2n) is 8.02. The highest BCUT2D eigenvalue weighted by Crippen LogP contribution is 2.42. The molecule has 0 saturated heterocycles. The Balaban J connectivity index is 1.78. The fraction of sp³-hybridized carbons (Fsp3) is 0.250. The zero-order valence-corrected chi connectivity index (χ0v) is 17.0. The molecule has 1 aliphatic heterocycles. The zero-order valence-electron chi connectivity index (χ0n) is 16.2. The lowest BCUT2D eigenvalue weighted by molar-refractivity contribution is 0.0698. The Labute approximate surface area is 168 Å². The number of hydrogen-bond acceptors (Lipinski definition) is 3. The van der Waals surface area contributed by atoms with Crippen LogP contribution in [0.5, 0.6) is 0 Å². The maximum atomic E-state index is 13.1. The van der Waals surface area contributed by atoms with Crippen molar-refractivity contribution in [2.24, 2.45) is 0 Å². The predicted octanol–water partition coefficient (Wildman–Crippen LogP) is 5.85. The van der Waals surface area contributed by atoms with Crippen molar-refractivity contribution < 1.29 is 14.7 Å². The van der Waals surface area contributed by atoms with E-state index < -0.39 is 5.97 Å². The van der Waals surface area contributed by atoms with E-state index >= 15 is 0 Å². The molecule has 0 bridgehead atoms. The van der Waals surface area contributed by atoms with Crippen LogP contribution in [0.4, 0.5) is 0 Å². The first kappa shape index (κ1) is 18.8. The molecule has 3 aromatic carbocycles. The molecule has 0 saturated carbocycles. The molecule has 0 spiro atoms. The van der Waals surface area contributed by atoms with Gasteiger partial charge in [-0.3, -0.25) is 4.79 Å². The van der Waals surface area contributed by atoms with Crippen LogP contribution in [0, 0.1) is 6.92 Å². The van der Waals surface area contributed by atoms with E-state index in [4.69, 9.17) is 0 Å². The largest absolute Gasteiger partial charge is 0.478 e. The number of ketones is 1. The first-order valence-corrected chi connectivity index (χ1v) is 10.4. The van der Waals surface area contributed by atoms with Crippen LogP contribution in [0.25, 0.3) is 10.8 Å². The van der Waals surface area contributed by atoms with Gasteiger partial charge in [-0.05, 0) is 70.7 Å². The second-order valence-corrected chi connectivity index (χ2v) is 9.16. The van der Waals surface area contributed by atoms with Gasteiger partial charge in [0.1, 0.15) is 0 Å². The maximum absolute atomic E-state index is 13.1. The highest BCUT2D eigenvalue weighted by molar-refractivity contribution is 7.99. The number of fused-ring (bicyclic) bond motifs is 2. The van der Waals surface area contributed by atoms with Crippen molar-refractivity contribution in [2.75, 3.05) is 5.75 Å². The molecule has 0 radical (unpaired) electrons. The Morgan fingerprint density at radius 3 is 2.46 bits per heavy atom. The average Bonchev–Trinajstić information content (AvgIpc) is 2.66. The number of benzene rings is 3. The standard InChI is InChI=1S/C24H22O3S/c1-14-4-5-15-12-16(6-8-18(15)21(14)23(26)27)22(25)17-7-9-20-19(13-17)24(2,3)10-11-28-20/h4-9,12-13H,10-11H2,1-3H3,(H,26,27). The Morgan fingerprint density at radius 2 is 1.71 bits per heavy atom. The van der Waals surface area contributed by atoms with Gasteiger partial charge in [0, 0.05) is 16.0 Å². The van der Waals surface area contributed by atoms with Crippen molar-refractivity contribution in [1.29, 1.82) is 0 Å². The number of carboxylic acid groups (broad SMARTS) is 1. The van der Waals surface area contributed by atoms with Crippen LogP contribution in [-0.4, -0.2) is 22.6 Å². The van der Waals surface area contributed by atoms with Crippen LogP contribution in [0.3, 0.4) is 0 Å². The van der Waals surface area contributed by atoms with Crippen molar-refractivity contribution in [3.05, 3.63) is 76.3 Å². The summed E-state index contributed by atoms with van der Waals surface area (Å²) in [4.78, 5) is 26.0. The third-order valence-electron chi connectivity index (χ3n) is 5.66. The first-order chi connectivity index (χ1) is 13.3. The minimum Gasteiger partial charge on any atom is -0.478 e. The molecule has 0 unspecified atom stereocenters. The third kappa shape index (κ3) is 3.12. The third-order valence-corrected chi connectivity index (χ3v) is 6.73. The molecule has 142 valence electrons. The minimum absolute atomic E-state index is 0.0338. The number of aromatic carboxylic acids is 1. The van der Waals surface area contributed by atoms with Crippen molar-refractivity contribution in [1.82, 2.24) is 0 Å². The summed E-state index contributed by atoms with van der Waals surface area (Å²) in [5, 5.41) is 10.9. The van der Waals surface area contributed by atoms with Crippen LogP contribution >= 0.6 is 11.8 Å². The fourth-order valence-corrected chi connectivity index (χ4v) is 5.39. The molecule has 0 amide bonds. The molecule has 28 heavy (non-hydrogen) atoms. The number of aryl methyl sites for hydroxylation is 1. The van der Waals surface area contributed by atoms with Gasteiger partial charge in [0.25, 0.3) is 0 Å². The van der Waals surface area contributed by atoms with Crippen LogP contribution < -0.4 is 0 Å². The number of carbonyl (C=O) groups excluding carboxylic acids is 1. The van der Waals surface area contributed by atoms with Crippen molar-refractivity contribution >= 4 is 34.3 Å². The lowest BCUT2D eigenvalue weighted by atomic mass is 9.80. The summed E-state index contributed by atoms with van der Waals surface area (Å²) in [5.74, 6) is 0.119. The summed E-state index contributed by atoms with van der Waals surface area (Å²) in [6.45, 7) is 6.24. The lowest BCUT2D eigenvalue weighted by Gasteiger charge is -2.32. The molecule has 0 aliphatic carbocycles. The van der Waals surface area contributed by atoms with Crippen LogP contribution in [-0.2, 0) is 5.41 Å². The van der Waals surface area contributed by atoms with E-state index in [1.165, 1.54) is 10.5 Å². The van der Waals surface area contributed by atoms with Gasteiger partial charge in [-0.1, -0.05) is 38.1 Å².